The molecule has 0 saturated carbocycles. The summed E-state index contributed by atoms with van der Waals surface area (Å²) in [6.07, 6.45) is -1.19. The van der Waals surface area contributed by atoms with Gasteiger partial charge in [-0.25, -0.2) is 0 Å². The Labute approximate surface area is 271 Å². The van der Waals surface area contributed by atoms with Gasteiger partial charge in [-0.3, -0.25) is 33.6 Å². The second kappa shape index (κ2) is 19.2. The number of benzene rings is 2. The summed E-state index contributed by atoms with van der Waals surface area (Å²) in [5.41, 5.74) is 7.40. The Bertz CT molecular complexity index is 1390. The summed E-state index contributed by atoms with van der Waals surface area (Å²) >= 11 is 0. The molecule has 5 atom stereocenters. The molecule has 0 aliphatic carbocycles. The Morgan fingerprint density at radius 1 is 0.638 bits per heavy atom. The van der Waals surface area contributed by atoms with Crippen LogP contribution in [0.3, 0.4) is 0 Å². The predicted molar refractivity (Wildman–Crippen MR) is 168 cm³/mol. The van der Waals surface area contributed by atoms with E-state index in [1.807, 2.05) is 30.3 Å². The largest absolute Gasteiger partial charge is 0.480 e. The van der Waals surface area contributed by atoms with Gasteiger partial charge >= 0.3 is 5.97 Å². The van der Waals surface area contributed by atoms with E-state index in [0.29, 0.717) is 5.56 Å². The lowest BCUT2D eigenvalue weighted by Crippen LogP contribution is -2.59. The Kier molecular flexibility index (Phi) is 15.5. The number of aliphatic hydroxyl groups is 1. The fraction of sp³-hybridized carbons (Fsp3) is 0.387. The number of rotatable bonds is 18. The second-order valence-electron chi connectivity index (χ2n) is 10.7. The highest BCUT2D eigenvalue weighted by molar-refractivity contribution is 5.95. The lowest BCUT2D eigenvalue weighted by molar-refractivity contribution is -0.141. The number of aliphatic hydroxyl groups excluding tert-OH is 1. The van der Waals surface area contributed by atoms with E-state index in [2.05, 4.69) is 31.9 Å². The van der Waals surface area contributed by atoms with Gasteiger partial charge in [-0.1, -0.05) is 60.7 Å². The second-order valence-corrected chi connectivity index (χ2v) is 10.7. The fourth-order valence-electron chi connectivity index (χ4n) is 4.10. The van der Waals surface area contributed by atoms with E-state index in [4.69, 9.17) is 10.8 Å². The van der Waals surface area contributed by atoms with E-state index in [1.54, 1.807) is 30.3 Å². The number of carbonyl (C=O) groups excluding carboxylic acids is 6. The number of aliphatic carboxylic acids is 1. The topological polar surface area (TPSA) is 258 Å². The van der Waals surface area contributed by atoms with Crippen LogP contribution in [0.4, 0.5) is 0 Å². The van der Waals surface area contributed by atoms with E-state index in [1.165, 1.54) is 13.8 Å². The zero-order chi connectivity index (χ0) is 34.9. The average molecular weight is 656 g/mol. The van der Waals surface area contributed by atoms with E-state index in [0.717, 1.165) is 5.56 Å². The molecule has 0 bridgehead atoms. The SMILES string of the molecule is CC(NC(=O)CNC(=O)C(NC(=O)C(Cc1ccccc1)NC(=O)CNC(=O)CNC(=O)C(N)Cc1ccccc1)C(C)O)C(=O)O. The molecule has 0 aromatic heterocycles. The molecule has 0 fully saturated rings. The highest BCUT2D eigenvalue weighted by Gasteiger charge is 2.30. The molecule has 0 radical (unpaired) electrons. The molecular formula is C31H41N7O9. The third kappa shape index (κ3) is 14.1. The predicted octanol–water partition coefficient (Wildman–Crippen LogP) is -2.91. The zero-order valence-electron chi connectivity index (χ0n) is 26.0. The van der Waals surface area contributed by atoms with Gasteiger partial charge in [-0.15, -0.1) is 0 Å². The van der Waals surface area contributed by atoms with E-state index in [9.17, 15) is 38.7 Å². The first-order valence-corrected chi connectivity index (χ1v) is 14.7. The van der Waals surface area contributed by atoms with Crippen LogP contribution < -0.4 is 37.6 Å². The summed E-state index contributed by atoms with van der Waals surface area (Å²) in [5.74, 6) is -5.88. The number of amides is 6. The van der Waals surface area contributed by atoms with Crippen LogP contribution >= 0.6 is 0 Å². The quantitative estimate of drug-likeness (QED) is 0.0791. The molecule has 16 heteroatoms. The van der Waals surface area contributed by atoms with Crippen LogP contribution in [0.15, 0.2) is 60.7 Å². The number of nitrogens with one attached hydrogen (secondary N) is 6. The molecule has 2 aromatic carbocycles. The summed E-state index contributed by atoms with van der Waals surface area (Å²) in [6.45, 7) is 0.841. The highest BCUT2D eigenvalue weighted by atomic mass is 16.4. The third-order valence-corrected chi connectivity index (χ3v) is 6.67. The molecular weight excluding hydrogens is 614 g/mol. The van der Waals surface area contributed by atoms with Crippen molar-refractivity contribution >= 4 is 41.4 Å². The van der Waals surface area contributed by atoms with Gasteiger partial charge in [0.1, 0.15) is 18.1 Å². The Hall–Kier alpha value is -5.35. The molecule has 6 amide bonds. The van der Waals surface area contributed by atoms with Gasteiger partial charge in [0.2, 0.25) is 35.4 Å². The first kappa shape index (κ1) is 37.8. The maximum Gasteiger partial charge on any atom is 0.325 e. The molecule has 0 aliphatic rings. The summed E-state index contributed by atoms with van der Waals surface area (Å²) in [6, 6.07) is 12.8. The summed E-state index contributed by atoms with van der Waals surface area (Å²) < 4.78 is 0. The van der Waals surface area contributed by atoms with Crippen LogP contribution in [0.1, 0.15) is 25.0 Å². The summed E-state index contributed by atoms with van der Waals surface area (Å²) in [5, 5.41) is 33.1. The summed E-state index contributed by atoms with van der Waals surface area (Å²) in [7, 11) is 0. The lowest BCUT2D eigenvalue weighted by atomic mass is 10.0. The molecule has 254 valence electrons. The van der Waals surface area contributed by atoms with Crippen molar-refractivity contribution in [1.82, 2.24) is 31.9 Å². The molecule has 0 heterocycles. The molecule has 10 N–H and O–H groups in total. The van der Waals surface area contributed by atoms with Gasteiger partial charge in [0.05, 0.1) is 31.8 Å². The molecule has 0 saturated heterocycles. The zero-order valence-corrected chi connectivity index (χ0v) is 26.0. The smallest absolute Gasteiger partial charge is 0.325 e. The van der Waals surface area contributed by atoms with E-state index >= 15 is 0 Å². The monoisotopic (exact) mass is 655 g/mol. The van der Waals surface area contributed by atoms with Gasteiger partial charge in [0, 0.05) is 6.42 Å². The number of carbonyl (C=O) groups is 7. The number of hydrogen-bond acceptors (Lipinski definition) is 9. The van der Waals surface area contributed by atoms with Gasteiger partial charge in [0.25, 0.3) is 0 Å². The minimum atomic E-state index is -1.54. The van der Waals surface area contributed by atoms with Crippen LogP contribution in [-0.4, -0.2) is 102 Å². The van der Waals surface area contributed by atoms with E-state index in [-0.39, 0.29) is 12.8 Å². The van der Waals surface area contributed by atoms with Crippen LogP contribution in [-0.2, 0) is 46.4 Å². The van der Waals surface area contributed by atoms with Crippen molar-refractivity contribution in [2.24, 2.45) is 5.73 Å². The summed E-state index contributed by atoms with van der Waals surface area (Å²) in [4.78, 5) is 86.1. The molecule has 2 aromatic rings. The molecule has 5 unspecified atom stereocenters. The molecule has 47 heavy (non-hydrogen) atoms. The highest BCUT2D eigenvalue weighted by Crippen LogP contribution is 2.05. The average Bonchev–Trinajstić information content (AvgIpc) is 3.04. The van der Waals surface area contributed by atoms with Gasteiger partial charge < -0.3 is 47.8 Å². The Morgan fingerprint density at radius 3 is 1.68 bits per heavy atom. The third-order valence-electron chi connectivity index (χ3n) is 6.67. The Balaban J connectivity index is 1.95. The van der Waals surface area contributed by atoms with Gasteiger partial charge in [-0.2, -0.15) is 0 Å². The van der Waals surface area contributed by atoms with Crippen LogP contribution in [0.5, 0.6) is 0 Å². The van der Waals surface area contributed by atoms with Crippen LogP contribution in [0.2, 0.25) is 0 Å². The number of carboxylic acid groups (broad SMARTS) is 1. The molecule has 0 aliphatic heterocycles. The van der Waals surface area contributed by atoms with Crippen molar-refractivity contribution in [2.45, 2.75) is 57.0 Å². The Morgan fingerprint density at radius 2 is 1.13 bits per heavy atom. The molecule has 2 rings (SSSR count). The van der Waals surface area contributed by atoms with Crippen molar-refractivity contribution in [2.75, 3.05) is 19.6 Å². The first-order valence-electron chi connectivity index (χ1n) is 14.7. The fourth-order valence-corrected chi connectivity index (χ4v) is 4.10. The van der Waals surface area contributed by atoms with Crippen molar-refractivity contribution in [3.63, 3.8) is 0 Å². The van der Waals surface area contributed by atoms with Crippen LogP contribution in [0, 0.1) is 0 Å². The number of hydrogen-bond donors (Lipinski definition) is 9. The van der Waals surface area contributed by atoms with Crippen LogP contribution in [0.25, 0.3) is 0 Å². The molecule has 0 spiro atoms. The normalized spacial score (nSPS) is 13.8. The van der Waals surface area contributed by atoms with Crippen molar-refractivity contribution < 1.29 is 43.8 Å². The first-order chi connectivity index (χ1) is 22.3. The van der Waals surface area contributed by atoms with Crippen molar-refractivity contribution in [3.05, 3.63) is 71.8 Å². The van der Waals surface area contributed by atoms with E-state index < -0.39 is 91.3 Å². The van der Waals surface area contributed by atoms with Crippen molar-refractivity contribution in [1.29, 1.82) is 0 Å². The number of nitrogens with two attached hydrogens (primary N) is 1. The van der Waals surface area contributed by atoms with Gasteiger partial charge in [0.15, 0.2) is 0 Å². The molecule has 16 nitrogen and oxygen atoms in total. The maximum absolute atomic E-state index is 13.3. The lowest BCUT2D eigenvalue weighted by Gasteiger charge is -2.25. The maximum atomic E-state index is 13.3. The minimum absolute atomic E-state index is 0.0225. The standard InChI is InChI=1S/C31H41N7O9/c1-18(31(46)47)36-25(41)17-35-30(45)27(19(2)39)38-29(44)23(14-21-11-7-4-8-12-21)37-26(42)16-33-24(40)15-34-28(43)22(32)13-20-9-5-3-6-10-20/h3-12,18-19,22-23,27,39H,13-17,32H2,1-2H3,(H,33,40)(H,34,43)(H,35,45)(H,36,41)(H,37,42)(H,38,44)(H,46,47). The van der Waals surface area contributed by atoms with Crippen molar-refractivity contribution in [3.8, 4) is 0 Å². The number of carboxylic acids is 1. The van der Waals surface area contributed by atoms with Gasteiger partial charge in [-0.05, 0) is 31.4 Å². The minimum Gasteiger partial charge on any atom is -0.480 e.